The Balaban J connectivity index is 2.06. The Morgan fingerprint density at radius 3 is 2.57 bits per heavy atom. The van der Waals surface area contributed by atoms with Gasteiger partial charge in [0.1, 0.15) is 6.33 Å². The third kappa shape index (κ3) is 3.80. The minimum Gasteiger partial charge on any atom is -0.494 e. The molecular weight excluding hydrogens is 368 g/mol. The van der Waals surface area contributed by atoms with Gasteiger partial charge in [0.15, 0.2) is 17.3 Å². The van der Waals surface area contributed by atoms with Crippen molar-refractivity contribution >= 4 is 23.4 Å². The monoisotopic (exact) mass is 384 g/mol. The normalized spacial score (nSPS) is 10.4. The molecule has 5 N–H and O–H groups in total. The van der Waals surface area contributed by atoms with E-state index in [0.29, 0.717) is 22.8 Å². The maximum atomic E-state index is 11.7. The van der Waals surface area contributed by atoms with E-state index in [9.17, 15) is 9.59 Å². The summed E-state index contributed by atoms with van der Waals surface area (Å²) in [5.41, 5.74) is 11.4. The standard InChI is InChI=1S/C16H16N8O4/c1-24-7-19-15(23-24)8-4-3-5-9(13(8)27-2)20-10-6-11(28-16(18)26)21-22-12(10)14(17)25/h3-7H,1-2H3,(H2,17,25)(H2,18,26)(H,20,21). The number of anilines is 2. The SMILES string of the molecule is COc1c(Nc2cc(OC(N)=O)nnc2C(N)=O)cccc1-c1ncn(C)n1. The average molecular weight is 384 g/mol. The first-order valence-corrected chi connectivity index (χ1v) is 7.84. The number of nitrogens with one attached hydrogen (secondary N) is 1. The second-order valence-corrected chi connectivity index (χ2v) is 5.48. The number of benzene rings is 1. The molecule has 3 aromatic rings. The summed E-state index contributed by atoms with van der Waals surface area (Å²) in [6, 6.07) is 6.49. The number of carbonyl (C=O) groups is 2. The van der Waals surface area contributed by atoms with Gasteiger partial charge in [0.05, 0.1) is 24.0 Å². The number of para-hydroxylation sites is 1. The van der Waals surface area contributed by atoms with Crippen LogP contribution in [0.1, 0.15) is 10.5 Å². The molecule has 0 atom stereocenters. The molecule has 12 heteroatoms. The third-order valence-electron chi connectivity index (χ3n) is 3.54. The van der Waals surface area contributed by atoms with E-state index in [1.54, 1.807) is 36.3 Å². The van der Waals surface area contributed by atoms with E-state index < -0.39 is 12.0 Å². The van der Waals surface area contributed by atoms with Crippen molar-refractivity contribution in [2.45, 2.75) is 0 Å². The number of aryl methyl sites for hydroxylation is 1. The highest BCUT2D eigenvalue weighted by molar-refractivity contribution is 5.97. The van der Waals surface area contributed by atoms with Crippen molar-refractivity contribution < 1.29 is 19.1 Å². The fraction of sp³-hybridized carbons (Fsp3) is 0.125. The molecule has 2 aromatic heterocycles. The number of rotatable bonds is 6. The Bertz CT molecular complexity index is 1050. The van der Waals surface area contributed by atoms with Crippen molar-refractivity contribution in [3.8, 4) is 23.0 Å². The lowest BCUT2D eigenvalue weighted by molar-refractivity contribution is 0.0995. The zero-order chi connectivity index (χ0) is 20.3. The van der Waals surface area contributed by atoms with Crippen LogP contribution in [0.3, 0.4) is 0 Å². The van der Waals surface area contributed by atoms with Crippen LogP contribution in [0, 0.1) is 0 Å². The quantitative estimate of drug-likeness (QED) is 0.549. The number of hydrogen-bond donors (Lipinski definition) is 3. The Labute approximate surface area is 158 Å². The fourth-order valence-electron chi connectivity index (χ4n) is 2.44. The van der Waals surface area contributed by atoms with Crippen LogP contribution in [-0.2, 0) is 7.05 Å². The van der Waals surface area contributed by atoms with Crippen LogP contribution >= 0.6 is 0 Å². The van der Waals surface area contributed by atoms with Crippen LogP contribution in [0.4, 0.5) is 16.2 Å². The average Bonchev–Trinajstić information content (AvgIpc) is 3.07. The summed E-state index contributed by atoms with van der Waals surface area (Å²) in [5.74, 6) is -0.175. The van der Waals surface area contributed by atoms with E-state index in [0.717, 1.165) is 0 Å². The minimum absolute atomic E-state index is 0.142. The third-order valence-corrected chi connectivity index (χ3v) is 3.54. The molecule has 0 radical (unpaired) electrons. The number of carbonyl (C=O) groups excluding carboxylic acids is 2. The van der Waals surface area contributed by atoms with E-state index in [2.05, 4.69) is 25.6 Å². The van der Waals surface area contributed by atoms with Gasteiger partial charge in [-0.2, -0.15) is 5.10 Å². The number of ether oxygens (including phenoxy) is 2. The molecule has 0 bridgehead atoms. The van der Waals surface area contributed by atoms with Gasteiger partial charge in [-0.25, -0.2) is 9.78 Å². The summed E-state index contributed by atoms with van der Waals surface area (Å²) in [7, 11) is 3.22. The number of nitrogens with zero attached hydrogens (tertiary/aromatic N) is 5. The predicted molar refractivity (Wildman–Crippen MR) is 97.0 cm³/mol. The molecule has 0 saturated carbocycles. The molecule has 2 amide bonds. The number of hydrogen-bond acceptors (Lipinski definition) is 9. The molecule has 12 nitrogen and oxygen atoms in total. The Morgan fingerprint density at radius 1 is 1.18 bits per heavy atom. The number of methoxy groups -OCH3 is 1. The van der Waals surface area contributed by atoms with Crippen LogP contribution < -0.4 is 26.3 Å². The van der Waals surface area contributed by atoms with Crippen molar-refractivity contribution in [1.82, 2.24) is 25.0 Å². The van der Waals surface area contributed by atoms with Gasteiger partial charge in [0, 0.05) is 13.1 Å². The molecular formula is C16H16N8O4. The summed E-state index contributed by atoms with van der Waals surface area (Å²) < 4.78 is 11.8. The molecule has 2 heterocycles. The first-order chi connectivity index (χ1) is 13.4. The van der Waals surface area contributed by atoms with E-state index >= 15 is 0 Å². The molecule has 0 aliphatic carbocycles. The molecule has 0 fully saturated rings. The second-order valence-electron chi connectivity index (χ2n) is 5.48. The Morgan fingerprint density at radius 2 is 1.96 bits per heavy atom. The molecule has 1 aromatic carbocycles. The van der Waals surface area contributed by atoms with Gasteiger partial charge in [-0.3, -0.25) is 9.48 Å². The molecule has 144 valence electrons. The van der Waals surface area contributed by atoms with Gasteiger partial charge in [-0.1, -0.05) is 6.07 Å². The van der Waals surface area contributed by atoms with Crippen molar-refractivity contribution in [2.75, 3.05) is 12.4 Å². The van der Waals surface area contributed by atoms with Crippen molar-refractivity contribution in [3.63, 3.8) is 0 Å². The lowest BCUT2D eigenvalue weighted by Crippen LogP contribution is -2.20. The first kappa shape index (κ1) is 18.6. The molecule has 0 unspecified atom stereocenters. The van der Waals surface area contributed by atoms with E-state index in [4.69, 9.17) is 20.9 Å². The lowest BCUT2D eigenvalue weighted by atomic mass is 10.1. The molecule has 3 rings (SSSR count). The molecule has 0 aliphatic heterocycles. The zero-order valence-electron chi connectivity index (χ0n) is 14.9. The van der Waals surface area contributed by atoms with Crippen LogP contribution in [-0.4, -0.2) is 44.1 Å². The summed E-state index contributed by atoms with van der Waals surface area (Å²) in [6.07, 6.45) is 0.480. The van der Waals surface area contributed by atoms with E-state index in [-0.39, 0.29) is 17.3 Å². The number of aromatic nitrogens is 5. The number of primary amides is 2. The maximum Gasteiger partial charge on any atom is 0.411 e. The summed E-state index contributed by atoms with van der Waals surface area (Å²) in [6.45, 7) is 0. The number of nitrogens with two attached hydrogens (primary N) is 2. The van der Waals surface area contributed by atoms with Crippen LogP contribution in [0.15, 0.2) is 30.6 Å². The Kier molecular flexibility index (Phi) is 5.02. The van der Waals surface area contributed by atoms with Crippen molar-refractivity contribution in [3.05, 3.63) is 36.3 Å². The van der Waals surface area contributed by atoms with E-state index in [1.165, 1.54) is 13.2 Å². The second kappa shape index (κ2) is 7.57. The summed E-state index contributed by atoms with van der Waals surface area (Å²) in [4.78, 5) is 26.8. The largest absolute Gasteiger partial charge is 0.494 e. The van der Waals surface area contributed by atoms with Gasteiger partial charge in [-0.15, -0.1) is 10.2 Å². The topological polar surface area (TPSA) is 173 Å². The highest BCUT2D eigenvalue weighted by Crippen LogP contribution is 2.37. The lowest BCUT2D eigenvalue weighted by Gasteiger charge is -2.15. The fourth-order valence-corrected chi connectivity index (χ4v) is 2.44. The van der Waals surface area contributed by atoms with Gasteiger partial charge in [0.2, 0.25) is 5.88 Å². The number of amides is 2. The smallest absolute Gasteiger partial charge is 0.411 e. The van der Waals surface area contributed by atoms with Crippen LogP contribution in [0.25, 0.3) is 11.4 Å². The maximum absolute atomic E-state index is 11.7. The first-order valence-electron chi connectivity index (χ1n) is 7.84. The molecule has 0 saturated heterocycles. The van der Waals surface area contributed by atoms with Crippen molar-refractivity contribution in [2.24, 2.45) is 18.5 Å². The van der Waals surface area contributed by atoms with Gasteiger partial charge < -0.3 is 26.3 Å². The molecule has 28 heavy (non-hydrogen) atoms. The van der Waals surface area contributed by atoms with Gasteiger partial charge in [0.25, 0.3) is 5.91 Å². The van der Waals surface area contributed by atoms with Gasteiger partial charge in [-0.05, 0) is 12.1 Å². The summed E-state index contributed by atoms with van der Waals surface area (Å²) >= 11 is 0. The van der Waals surface area contributed by atoms with Crippen LogP contribution in [0.5, 0.6) is 11.6 Å². The summed E-state index contributed by atoms with van der Waals surface area (Å²) in [5, 5.41) is 14.5. The highest BCUT2D eigenvalue weighted by atomic mass is 16.6. The molecule has 0 spiro atoms. The highest BCUT2D eigenvalue weighted by Gasteiger charge is 2.18. The Hall–Kier alpha value is -4.22. The molecule has 0 aliphatic rings. The van der Waals surface area contributed by atoms with Crippen LogP contribution in [0.2, 0.25) is 0 Å². The zero-order valence-corrected chi connectivity index (χ0v) is 14.9. The van der Waals surface area contributed by atoms with E-state index in [1.807, 2.05) is 0 Å². The predicted octanol–water partition coefficient (Wildman–Crippen LogP) is 0.581. The van der Waals surface area contributed by atoms with Crippen molar-refractivity contribution in [1.29, 1.82) is 0 Å². The van der Waals surface area contributed by atoms with Gasteiger partial charge >= 0.3 is 6.09 Å². The minimum atomic E-state index is -1.08.